The predicted octanol–water partition coefficient (Wildman–Crippen LogP) is 3.44. The van der Waals surface area contributed by atoms with Crippen LogP contribution in [0.25, 0.3) is 0 Å². The van der Waals surface area contributed by atoms with Gasteiger partial charge in [0.15, 0.2) is 5.78 Å². The van der Waals surface area contributed by atoms with Gasteiger partial charge in [0.25, 0.3) is 0 Å². The lowest BCUT2D eigenvalue weighted by Gasteiger charge is -2.28. The lowest BCUT2D eigenvalue weighted by molar-refractivity contribution is 0.0820. The Morgan fingerprint density at radius 1 is 1.58 bits per heavy atom. The molecule has 0 bridgehead atoms. The normalized spacial score (nSPS) is 16.8. The molecule has 1 fully saturated rings. The van der Waals surface area contributed by atoms with E-state index in [0.29, 0.717) is 19.2 Å². The number of ether oxygens (including phenoxy) is 1. The third kappa shape index (κ3) is 4.38. The maximum absolute atomic E-state index is 12.3. The first kappa shape index (κ1) is 15.2. The van der Waals surface area contributed by atoms with E-state index in [1.54, 1.807) is 7.11 Å². The third-order valence-electron chi connectivity index (χ3n) is 3.66. The fourth-order valence-electron chi connectivity index (χ4n) is 2.24. The van der Waals surface area contributed by atoms with E-state index < -0.39 is 0 Å². The molecule has 2 rings (SSSR count). The maximum Gasteiger partial charge on any atom is 0.186 e. The Bertz CT molecular complexity index is 431. The highest BCUT2D eigenvalue weighted by atomic mass is 79.9. The van der Waals surface area contributed by atoms with E-state index in [1.165, 1.54) is 24.2 Å². The first-order valence-electron chi connectivity index (χ1n) is 6.63. The molecule has 106 valence electrons. The summed E-state index contributed by atoms with van der Waals surface area (Å²) in [4.78, 5) is 15.4. The number of hydrogen-bond acceptors (Lipinski definition) is 4. The second-order valence-corrected chi connectivity index (χ2v) is 7.53. The van der Waals surface area contributed by atoms with Crippen LogP contribution in [-0.2, 0) is 4.74 Å². The van der Waals surface area contributed by atoms with E-state index in [4.69, 9.17) is 4.74 Å². The topological polar surface area (TPSA) is 29.5 Å². The van der Waals surface area contributed by atoms with Crippen molar-refractivity contribution in [2.45, 2.75) is 25.8 Å². The lowest BCUT2D eigenvalue weighted by atomic mass is 10.1. The van der Waals surface area contributed by atoms with Crippen LogP contribution < -0.4 is 0 Å². The summed E-state index contributed by atoms with van der Waals surface area (Å²) in [5.41, 5.74) is 0. The van der Waals surface area contributed by atoms with Gasteiger partial charge in [-0.15, -0.1) is 11.3 Å². The van der Waals surface area contributed by atoms with Crippen LogP contribution in [0.1, 0.15) is 29.4 Å². The Morgan fingerprint density at radius 2 is 2.32 bits per heavy atom. The molecule has 1 aromatic heterocycles. The highest BCUT2D eigenvalue weighted by molar-refractivity contribution is 9.11. The predicted molar refractivity (Wildman–Crippen MR) is 82.0 cm³/mol. The van der Waals surface area contributed by atoms with Gasteiger partial charge in [-0.1, -0.05) is 0 Å². The van der Waals surface area contributed by atoms with Crippen molar-refractivity contribution in [3.8, 4) is 0 Å². The zero-order chi connectivity index (χ0) is 13.8. The Hall–Kier alpha value is -0.230. The second-order valence-electron chi connectivity index (χ2n) is 5.07. The van der Waals surface area contributed by atoms with E-state index in [0.717, 1.165) is 21.1 Å². The summed E-state index contributed by atoms with van der Waals surface area (Å²) in [6, 6.07) is 4.30. The Balaban J connectivity index is 1.96. The van der Waals surface area contributed by atoms with E-state index >= 15 is 0 Å². The summed E-state index contributed by atoms with van der Waals surface area (Å²) in [6.45, 7) is 4.23. The molecule has 0 N–H and O–H groups in total. The third-order valence-corrected chi connectivity index (χ3v) is 5.32. The van der Waals surface area contributed by atoms with Gasteiger partial charge in [-0.3, -0.25) is 9.69 Å². The average Bonchev–Trinajstić information content (AvgIpc) is 3.15. The van der Waals surface area contributed by atoms with Crippen molar-refractivity contribution in [3.05, 3.63) is 20.8 Å². The number of carbonyl (C=O) groups excluding carboxylic acids is 1. The van der Waals surface area contributed by atoms with Crippen LogP contribution in [-0.4, -0.2) is 43.5 Å². The van der Waals surface area contributed by atoms with Crippen molar-refractivity contribution < 1.29 is 9.53 Å². The highest BCUT2D eigenvalue weighted by Gasteiger charge is 2.32. The lowest BCUT2D eigenvalue weighted by Crippen LogP contribution is -2.40. The first-order valence-corrected chi connectivity index (χ1v) is 8.24. The number of methoxy groups -OCH3 is 1. The standard InChI is InChI=1S/C14H20BrNO2S/c1-10(11-3-4-11)16(7-8-18-2)9-12(17)13-5-6-14(15)19-13/h5-6,10-11H,3-4,7-9H2,1-2H3. The molecular formula is C14H20BrNO2S. The average molecular weight is 346 g/mol. The quantitative estimate of drug-likeness (QED) is 0.676. The fraction of sp³-hybridized carbons (Fsp3) is 0.643. The molecule has 0 saturated heterocycles. The van der Waals surface area contributed by atoms with E-state index in [1.807, 2.05) is 12.1 Å². The number of rotatable bonds is 8. The highest BCUT2D eigenvalue weighted by Crippen LogP contribution is 2.35. The van der Waals surface area contributed by atoms with Crippen molar-refractivity contribution in [2.75, 3.05) is 26.8 Å². The summed E-state index contributed by atoms with van der Waals surface area (Å²) >= 11 is 4.91. The summed E-state index contributed by atoms with van der Waals surface area (Å²) < 4.78 is 6.16. The SMILES string of the molecule is COCCN(CC(=O)c1ccc(Br)s1)C(C)C1CC1. The minimum absolute atomic E-state index is 0.208. The van der Waals surface area contributed by atoms with Crippen LogP contribution in [0.5, 0.6) is 0 Å². The molecular weight excluding hydrogens is 326 g/mol. The maximum atomic E-state index is 12.3. The summed E-state index contributed by atoms with van der Waals surface area (Å²) in [5.74, 6) is 0.971. The molecule has 0 amide bonds. The largest absolute Gasteiger partial charge is 0.383 e. The van der Waals surface area contributed by atoms with E-state index in [9.17, 15) is 4.79 Å². The van der Waals surface area contributed by atoms with Crippen LogP contribution in [0.4, 0.5) is 0 Å². The molecule has 1 aliphatic rings. The van der Waals surface area contributed by atoms with E-state index in [2.05, 4.69) is 27.8 Å². The van der Waals surface area contributed by atoms with Gasteiger partial charge in [-0.2, -0.15) is 0 Å². The number of Topliss-reactive ketones (excluding diaryl/α,β-unsaturated/α-hetero) is 1. The molecule has 5 heteroatoms. The van der Waals surface area contributed by atoms with Gasteiger partial charge < -0.3 is 4.74 Å². The molecule has 0 radical (unpaired) electrons. The Kier molecular flexibility index (Phi) is 5.57. The zero-order valence-corrected chi connectivity index (χ0v) is 13.8. The molecule has 1 saturated carbocycles. The van der Waals surface area contributed by atoms with Crippen molar-refractivity contribution in [1.29, 1.82) is 0 Å². The summed E-state index contributed by atoms with van der Waals surface area (Å²) in [6.07, 6.45) is 2.59. The molecule has 1 heterocycles. The van der Waals surface area contributed by atoms with Crippen LogP contribution in [0.3, 0.4) is 0 Å². The number of nitrogens with zero attached hydrogens (tertiary/aromatic N) is 1. The number of carbonyl (C=O) groups is 1. The smallest absolute Gasteiger partial charge is 0.186 e. The van der Waals surface area contributed by atoms with Crippen molar-refractivity contribution in [3.63, 3.8) is 0 Å². The molecule has 1 aliphatic carbocycles. The van der Waals surface area contributed by atoms with Crippen LogP contribution in [0.15, 0.2) is 15.9 Å². The van der Waals surface area contributed by atoms with Crippen molar-refractivity contribution >= 4 is 33.0 Å². The minimum Gasteiger partial charge on any atom is -0.383 e. The number of hydrogen-bond donors (Lipinski definition) is 0. The first-order chi connectivity index (χ1) is 9.11. The number of ketones is 1. The number of halogens is 1. The Morgan fingerprint density at radius 3 is 2.84 bits per heavy atom. The molecule has 0 aliphatic heterocycles. The van der Waals surface area contributed by atoms with Gasteiger partial charge in [0.2, 0.25) is 0 Å². The zero-order valence-electron chi connectivity index (χ0n) is 11.4. The summed E-state index contributed by atoms with van der Waals surface area (Å²) in [7, 11) is 1.71. The molecule has 1 aromatic rings. The monoisotopic (exact) mass is 345 g/mol. The second kappa shape index (κ2) is 6.97. The Labute approximate surface area is 127 Å². The van der Waals surface area contributed by atoms with Gasteiger partial charge in [0, 0.05) is 19.7 Å². The molecule has 3 nitrogen and oxygen atoms in total. The molecule has 19 heavy (non-hydrogen) atoms. The van der Waals surface area contributed by atoms with Crippen LogP contribution in [0.2, 0.25) is 0 Å². The van der Waals surface area contributed by atoms with Crippen LogP contribution in [0, 0.1) is 5.92 Å². The van der Waals surface area contributed by atoms with Gasteiger partial charge in [-0.05, 0) is 53.7 Å². The molecule has 0 spiro atoms. The molecule has 0 aromatic carbocycles. The molecule has 1 atom stereocenters. The minimum atomic E-state index is 0.208. The van der Waals surface area contributed by atoms with Gasteiger partial charge in [0.05, 0.1) is 21.8 Å². The van der Waals surface area contributed by atoms with Crippen molar-refractivity contribution in [2.24, 2.45) is 5.92 Å². The summed E-state index contributed by atoms with van der Waals surface area (Å²) in [5, 5.41) is 0. The van der Waals surface area contributed by atoms with Gasteiger partial charge in [0.1, 0.15) is 0 Å². The molecule has 1 unspecified atom stereocenters. The fourth-order valence-corrected chi connectivity index (χ4v) is 3.55. The van der Waals surface area contributed by atoms with Crippen molar-refractivity contribution in [1.82, 2.24) is 4.90 Å². The van der Waals surface area contributed by atoms with Gasteiger partial charge in [-0.25, -0.2) is 0 Å². The van der Waals surface area contributed by atoms with Gasteiger partial charge >= 0.3 is 0 Å². The van der Waals surface area contributed by atoms with Crippen LogP contribution >= 0.6 is 27.3 Å². The number of thiophene rings is 1. The van der Waals surface area contributed by atoms with E-state index in [-0.39, 0.29) is 5.78 Å².